The van der Waals surface area contributed by atoms with E-state index in [0.717, 1.165) is 25.9 Å². The monoisotopic (exact) mass is 370 g/mol. The zero-order valence-corrected chi connectivity index (χ0v) is 14.2. The molecule has 22 heavy (non-hydrogen) atoms. The molecule has 1 N–H and O–H groups in total. The van der Waals surface area contributed by atoms with E-state index in [0.29, 0.717) is 4.47 Å². The van der Waals surface area contributed by atoms with Crippen LogP contribution in [0, 0.1) is 16.0 Å². The maximum absolute atomic E-state index is 12.3. The Bertz CT molecular complexity index is 583. The van der Waals surface area contributed by atoms with Crippen molar-refractivity contribution in [2.45, 2.75) is 32.3 Å². The molecule has 0 amide bonds. The maximum atomic E-state index is 12.3. The van der Waals surface area contributed by atoms with Crippen LogP contribution < -0.4 is 5.32 Å². The summed E-state index contributed by atoms with van der Waals surface area (Å²) in [5.41, 5.74) is -0.549. The van der Waals surface area contributed by atoms with Gasteiger partial charge in [-0.2, -0.15) is 0 Å². The van der Waals surface area contributed by atoms with Crippen molar-refractivity contribution >= 4 is 27.6 Å². The average Bonchev–Trinajstić information content (AvgIpc) is 2.47. The largest absolute Gasteiger partial charge is 0.456 e. The first-order valence-corrected chi connectivity index (χ1v) is 7.98. The van der Waals surface area contributed by atoms with Crippen LogP contribution in [-0.2, 0) is 4.74 Å². The molecule has 120 valence electrons. The molecule has 0 unspecified atom stereocenters. The lowest BCUT2D eigenvalue weighted by molar-refractivity contribution is -0.385. The van der Waals surface area contributed by atoms with Gasteiger partial charge in [0, 0.05) is 12.0 Å². The maximum Gasteiger partial charge on any atom is 0.338 e. The summed E-state index contributed by atoms with van der Waals surface area (Å²) in [5.74, 6) is -0.248. The van der Waals surface area contributed by atoms with Gasteiger partial charge in [-0.05, 0) is 67.8 Å². The number of nitro groups is 1. The Kier molecular flexibility index (Phi) is 5.18. The second-order valence-electron chi connectivity index (χ2n) is 5.94. The Hall–Kier alpha value is -1.47. The number of hydrogen-bond acceptors (Lipinski definition) is 5. The van der Waals surface area contributed by atoms with E-state index >= 15 is 0 Å². The molecule has 1 fully saturated rings. The first-order chi connectivity index (χ1) is 10.3. The molecule has 0 radical (unpaired) electrons. The summed E-state index contributed by atoms with van der Waals surface area (Å²) in [7, 11) is 0. The highest BCUT2D eigenvalue weighted by atomic mass is 79.9. The summed E-state index contributed by atoms with van der Waals surface area (Å²) in [6.45, 7) is 5.62. The third-order valence-electron chi connectivity index (χ3n) is 4.06. The van der Waals surface area contributed by atoms with E-state index in [1.54, 1.807) is 0 Å². The minimum atomic E-state index is -0.596. The number of nitro benzene ring substituents is 1. The summed E-state index contributed by atoms with van der Waals surface area (Å²) in [6.07, 6.45) is 1.89. The molecule has 1 aromatic carbocycles. The number of rotatable bonds is 4. The highest BCUT2D eigenvalue weighted by molar-refractivity contribution is 9.10. The van der Waals surface area contributed by atoms with Crippen LogP contribution in [0.25, 0.3) is 0 Å². The number of carbonyl (C=O) groups is 1. The van der Waals surface area contributed by atoms with Crippen molar-refractivity contribution in [2.75, 3.05) is 13.1 Å². The van der Waals surface area contributed by atoms with E-state index in [9.17, 15) is 14.9 Å². The first-order valence-electron chi connectivity index (χ1n) is 7.19. The van der Waals surface area contributed by atoms with Gasteiger partial charge in [0.2, 0.25) is 0 Å². The number of nitrogens with one attached hydrogen (secondary N) is 1. The Morgan fingerprint density at radius 3 is 2.64 bits per heavy atom. The molecule has 0 spiro atoms. The van der Waals surface area contributed by atoms with Crippen molar-refractivity contribution in [1.29, 1.82) is 0 Å². The van der Waals surface area contributed by atoms with Gasteiger partial charge >= 0.3 is 5.97 Å². The van der Waals surface area contributed by atoms with Crippen molar-refractivity contribution in [2.24, 2.45) is 5.92 Å². The fraction of sp³-hybridized carbons (Fsp3) is 0.533. The van der Waals surface area contributed by atoms with Gasteiger partial charge in [-0.1, -0.05) is 0 Å². The number of esters is 1. The lowest BCUT2D eigenvalue weighted by Crippen LogP contribution is -2.42. The van der Waals surface area contributed by atoms with Crippen molar-refractivity contribution in [3.05, 3.63) is 38.3 Å². The molecule has 7 heteroatoms. The molecule has 1 saturated heterocycles. The standard InChI is InChI=1S/C15H19BrN2O4/c1-15(2,11-5-7-17-8-6-11)22-14(19)10-3-4-12(16)13(9-10)18(20)21/h3-4,9,11,17H,5-8H2,1-2H3. The minimum Gasteiger partial charge on any atom is -0.456 e. The predicted molar refractivity (Wildman–Crippen MR) is 85.9 cm³/mol. The number of benzene rings is 1. The zero-order chi connectivity index (χ0) is 16.3. The molecule has 6 nitrogen and oxygen atoms in total. The molecule has 0 aliphatic carbocycles. The second-order valence-corrected chi connectivity index (χ2v) is 6.79. The van der Waals surface area contributed by atoms with Gasteiger partial charge in [0.15, 0.2) is 0 Å². The van der Waals surface area contributed by atoms with Gasteiger partial charge in [0.25, 0.3) is 5.69 Å². The normalized spacial score (nSPS) is 16.3. The van der Waals surface area contributed by atoms with Crippen LogP contribution in [0.2, 0.25) is 0 Å². The lowest BCUT2D eigenvalue weighted by atomic mass is 9.83. The van der Waals surface area contributed by atoms with E-state index in [2.05, 4.69) is 21.2 Å². The molecule has 0 saturated carbocycles. The van der Waals surface area contributed by atoms with Crippen LogP contribution >= 0.6 is 15.9 Å². The first kappa shape index (κ1) is 16.9. The highest BCUT2D eigenvalue weighted by Gasteiger charge is 2.34. The number of halogens is 1. The van der Waals surface area contributed by atoms with Crippen molar-refractivity contribution in [1.82, 2.24) is 5.32 Å². The summed E-state index contributed by atoms with van der Waals surface area (Å²) >= 11 is 3.10. The summed E-state index contributed by atoms with van der Waals surface area (Å²) in [6, 6.07) is 4.26. The Morgan fingerprint density at radius 2 is 2.05 bits per heavy atom. The third kappa shape index (κ3) is 3.84. The lowest BCUT2D eigenvalue weighted by Gasteiger charge is -2.36. The molecular weight excluding hydrogens is 352 g/mol. The van der Waals surface area contributed by atoms with Crippen LogP contribution in [0.5, 0.6) is 0 Å². The molecule has 1 heterocycles. The molecule has 2 rings (SSSR count). The van der Waals surface area contributed by atoms with Gasteiger partial charge in [-0.3, -0.25) is 10.1 Å². The van der Waals surface area contributed by atoms with Crippen LogP contribution in [0.3, 0.4) is 0 Å². The fourth-order valence-corrected chi connectivity index (χ4v) is 3.07. The molecular formula is C15H19BrN2O4. The third-order valence-corrected chi connectivity index (χ3v) is 4.73. The van der Waals surface area contributed by atoms with Gasteiger partial charge in [0.1, 0.15) is 5.60 Å². The topological polar surface area (TPSA) is 81.5 Å². The van der Waals surface area contributed by atoms with E-state index in [1.165, 1.54) is 18.2 Å². The quantitative estimate of drug-likeness (QED) is 0.499. The fourth-order valence-electron chi connectivity index (χ4n) is 2.68. The minimum absolute atomic E-state index is 0.144. The number of carbonyl (C=O) groups excluding carboxylic acids is 1. The highest BCUT2D eigenvalue weighted by Crippen LogP contribution is 2.31. The Morgan fingerprint density at radius 1 is 1.41 bits per heavy atom. The smallest absolute Gasteiger partial charge is 0.338 e. The van der Waals surface area contributed by atoms with Crippen LogP contribution in [0.1, 0.15) is 37.0 Å². The van der Waals surface area contributed by atoms with Crippen molar-refractivity contribution in [3.63, 3.8) is 0 Å². The van der Waals surface area contributed by atoms with E-state index < -0.39 is 16.5 Å². The van der Waals surface area contributed by atoms with Gasteiger partial charge in [0.05, 0.1) is 15.0 Å². The average molecular weight is 371 g/mol. The Labute approximate surface area is 137 Å². The second kappa shape index (κ2) is 6.75. The predicted octanol–water partition coefficient (Wildman–Crippen LogP) is 3.29. The molecule has 1 aliphatic heterocycles. The van der Waals surface area contributed by atoms with Crippen LogP contribution in [0.15, 0.2) is 22.7 Å². The molecule has 0 aromatic heterocycles. The van der Waals surface area contributed by atoms with Gasteiger partial charge in [-0.25, -0.2) is 4.79 Å². The number of ether oxygens (including phenoxy) is 1. The molecule has 0 bridgehead atoms. The van der Waals surface area contributed by atoms with Crippen molar-refractivity contribution in [3.8, 4) is 0 Å². The summed E-state index contributed by atoms with van der Waals surface area (Å²) in [4.78, 5) is 22.7. The SMILES string of the molecule is CC(C)(OC(=O)c1ccc(Br)c([N+](=O)[O-])c1)C1CCNCC1. The summed E-state index contributed by atoms with van der Waals surface area (Å²) < 4.78 is 5.97. The van der Waals surface area contributed by atoms with Gasteiger partial charge in [-0.15, -0.1) is 0 Å². The zero-order valence-electron chi connectivity index (χ0n) is 12.6. The Balaban J connectivity index is 2.14. The van der Waals surface area contributed by atoms with Crippen LogP contribution in [0.4, 0.5) is 5.69 Å². The molecule has 1 aromatic rings. The number of nitrogens with zero attached hydrogens (tertiary/aromatic N) is 1. The van der Waals surface area contributed by atoms with E-state index in [1.807, 2.05) is 13.8 Å². The molecule has 1 aliphatic rings. The summed E-state index contributed by atoms with van der Waals surface area (Å²) in [5, 5.41) is 14.2. The number of piperidine rings is 1. The molecule has 0 atom stereocenters. The van der Waals surface area contributed by atoms with Gasteiger partial charge < -0.3 is 10.1 Å². The van der Waals surface area contributed by atoms with E-state index in [4.69, 9.17) is 4.74 Å². The van der Waals surface area contributed by atoms with Crippen LogP contribution in [-0.4, -0.2) is 29.6 Å². The van der Waals surface area contributed by atoms with E-state index in [-0.39, 0.29) is 17.2 Å². The van der Waals surface area contributed by atoms with Crippen molar-refractivity contribution < 1.29 is 14.5 Å². The number of hydrogen-bond donors (Lipinski definition) is 1.